The van der Waals surface area contributed by atoms with Crippen LogP contribution in [0.2, 0.25) is 0 Å². The van der Waals surface area contributed by atoms with Crippen LogP contribution in [0.15, 0.2) is 69.8 Å². The van der Waals surface area contributed by atoms with Crippen LogP contribution in [0.1, 0.15) is 18.1 Å². The van der Waals surface area contributed by atoms with Crippen molar-refractivity contribution in [1.29, 1.82) is 0 Å². The molecule has 1 aliphatic rings. The van der Waals surface area contributed by atoms with Gasteiger partial charge in [0.05, 0.1) is 17.2 Å². The maximum Gasteiger partial charge on any atom is 0.344 e. The molecule has 1 heterocycles. The van der Waals surface area contributed by atoms with Gasteiger partial charge in [0.25, 0.3) is 0 Å². The van der Waals surface area contributed by atoms with Gasteiger partial charge in [-0.2, -0.15) is 0 Å². The first-order valence-corrected chi connectivity index (χ1v) is 9.24. The highest BCUT2D eigenvalue weighted by atomic mass is 32.2. The number of rotatable bonds is 4. The number of phenolic OH excluding ortho intramolecular Hbond substituents is 1. The van der Waals surface area contributed by atoms with Crippen LogP contribution >= 0.6 is 11.8 Å². The zero-order chi connectivity index (χ0) is 19.4. The van der Waals surface area contributed by atoms with E-state index in [-0.39, 0.29) is 23.7 Å². The van der Waals surface area contributed by atoms with Crippen molar-refractivity contribution in [1.82, 2.24) is 0 Å². The van der Waals surface area contributed by atoms with Gasteiger partial charge in [0.1, 0.15) is 22.1 Å². The molecule has 0 saturated heterocycles. The lowest BCUT2D eigenvalue weighted by Crippen LogP contribution is -2.12. The van der Waals surface area contributed by atoms with Crippen LogP contribution in [0.25, 0.3) is 6.08 Å². The van der Waals surface area contributed by atoms with Crippen molar-refractivity contribution < 1.29 is 19.7 Å². The number of esters is 1. The van der Waals surface area contributed by atoms with Crippen molar-refractivity contribution in [2.45, 2.75) is 13.8 Å². The van der Waals surface area contributed by atoms with Gasteiger partial charge in [0, 0.05) is 0 Å². The first-order valence-electron chi connectivity index (χ1n) is 8.43. The Labute approximate surface area is 161 Å². The Morgan fingerprint density at radius 1 is 1.19 bits per heavy atom. The molecule has 0 unspecified atom stereocenters. The summed E-state index contributed by atoms with van der Waals surface area (Å²) in [6, 6.07) is 14.2. The number of aliphatic hydroxyl groups excluding tert-OH is 1. The second-order valence-corrected chi connectivity index (χ2v) is 6.93. The van der Waals surface area contributed by atoms with Crippen LogP contribution in [-0.4, -0.2) is 27.8 Å². The zero-order valence-corrected chi connectivity index (χ0v) is 15.8. The lowest BCUT2D eigenvalue weighted by atomic mass is 10.1. The summed E-state index contributed by atoms with van der Waals surface area (Å²) in [5.74, 6) is -0.671. The minimum atomic E-state index is -0.618. The van der Waals surface area contributed by atoms with E-state index in [0.717, 1.165) is 5.56 Å². The molecule has 2 N–H and O–H groups in total. The monoisotopic (exact) mass is 381 g/mol. The molecule has 2 aromatic rings. The third kappa shape index (κ3) is 4.41. The minimum Gasteiger partial charge on any atom is -0.508 e. The minimum absolute atomic E-state index is 0.0498. The number of nitrogens with zero attached hydrogens (tertiary/aromatic N) is 1. The number of hydrogen-bond donors (Lipinski definition) is 2. The van der Waals surface area contributed by atoms with Crippen LogP contribution in [0.3, 0.4) is 0 Å². The van der Waals surface area contributed by atoms with Crippen LogP contribution in [0, 0.1) is 6.92 Å². The van der Waals surface area contributed by atoms with Crippen molar-refractivity contribution in [2.75, 3.05) is 6.61 Å². The lowest BCUT2D eigenvalue weighted by molar-refractivity contribution is -0.138. The SMILES string of the molecule is CCOC(=O)C1=C(O)C(=Cc2cccc(O)c2)SC1=Nc1ccc(C)cc1. The molecule has 138 valence electrons. The number of hydrogen-bond acceptors (Lipinski definition) is 6. The lowest BCUT2D eigenvalue weighted by Gasteiger charge is -2.04. The number of aliphatic hydroxyl groups is 1. The number of phenols is 1. The van der Waals surface area contributed by atoms with Gasteiger partial charge in [-0.05, 0) is 49.8 Å². The van der Waals surface area contributed by atoms with Gasteiger partial charge in [0.15, 0.2) is 0 Å². The number of aliphatic imine (C=N–C) groups is 1. The van der Waals surface area contributed by atoms with Crippen LogP contribution in [0.4, 0.5) is 5.69 Å². The van der Waals surface area contributed by atoms with Gasteiger partial charge >= 0.3 is 5.97 Å². The number of aryl methyl sites for hydroxylation is 1. The van der Waals surface area contributed by atoms with Gasteiger partial charge < -0.3 is 14.9 Å². The molecule has 5 nitrogen and oxygen atoms in total. The van der Waals surface area contributed by atoms with E-state index >= 15 is 0 Å². The summed E-state index contributed by atoms with van der Waals surface area (Å²) in [6.07, 6.45) is 1.69. The topological polar surface area (TPSA) is 79.1 Å². The molecule has 0 radical (unpaired) electrons. The first kappa shape index (κ1) is 18.8. The van der Waals surface area contributed by atoms with Gasteiger partial charge in [-0.25, -0.2) is 9.79 Å². The predicted molar refractivity (Wildman–Crippen MR) is 108 cm³/mol. The second kappa shape index (κ2) is 8.14. The van der Waals surface area contributed by atoms with Gasteiger partial charge in [0.2, 0.25) is 0 Å². The summed E-state index contributed by atoms with van der Waals surface area (Å²) >= 11 is 1.19. The van der Waals surface area contributed by atoms with Gasteiger partial charge in [-0.1, -0.05) is 41.6 Å². The molecule has 0 bridgehead atoms. The summed E-state index contributed by atoms with van der Waals surface area (Å²) in [7, 11) is 0. The molecule has 3 rings (SSSR count). The number of thioether (sulfide) groups is 1. The van der Waals surface area contributed by atoms with Crippen LogP contribution in [-0.2, 0) is 9.53 Å². The highest BCUT2D eigenvalue weighted by Gasteiger charge is 2.33. The van der Waals surface area contributed by atoms with Crippen molar-refractivity contribution in [3.8, 4) is 5.75 Å². The Hall–Kier alpha value is -2.99. The van der Waals surface area contributed by atoms with E-state index in [9.17, 15) is 15.0 Å². The molecular formula is C21H19NO4S. The molecule has 0 saturated carbocycles. The Kier molecular flexibility index (Phi) is 5.66. The Morgan fingerprint density at radius 2 is 1.93 bits per heavy atom. The average molecular weight is 381 g/mol. The highest BCUT2D eigenvalue weighted by Crippen LogP contribution is 2.40. The van der Waals surface area contributed by atoms with Crippen LogP contribution < -0.4 is 0 Å². The standard InChI is InChI=1S/C21H19NO4S/c1-3-26-21(25)18-19(24)17(12-14-5-4-6-16(23)11-14)27-20(18)22-15-9-7-13(2)8-10-15/h4-12,23-24H,3H2,1-2H3. The number of ether oxygens (including phenoxy) is 1. The Balaban J connectivity index is 2.03. The maximum absolute atomic E-state index is 12.4. The number of carbonyl (C=O) groups excluding carboxylic acids is 1. The smallest absolute Gasteiger partial charge is 0.344 e. The first-order chi connectivity index (χ1) is 13.0. The largest absolute Gasteiger partial charge is 0.508 e. The second-order valence-electron chi connectivity index (χ2n) is 5.90. The molecule has 0 aromatic heterocycles. The van der Waals surface area contributed by atoms with E-state index < -0.39 is 5.97 Å². The fourth-order valence-corrected chi connectivity index (χ4v) is 3.53. The quantitative estimate of drug-likeness (QED) is 0.737. The van der Waals surface area contributed by atoms with E-state index in [4.69, 9.17) is 4.74 Å². The molecule has 2 aromatic carbocycles. The average Bonchev–Trinajstić information content (AvgIpc) is 2.92. The van der Waals surface area contributed by atoms with Crippen LogP contribution in [0.5, 0.6) is 5.75 Å². The third-order valence-corrected chi connectivity index (χ3v) is 4.82. The number of benzene rings is 2. The molecule has 27 heavy (non-hydrogen) atoms. The predicted octanol–water partition coefficient (Wildman–Crippen LogP) is 4.89. The van der Waals surface area contributed by atoms with E-state index in [1.165, 1.54) is 11.8 Å². The number of carbonyl (C=O) groups is 1. The normalized spacial score (nSPS) is 17.0. The number of aromatic hydroxyl groups is 1. The zero-order valence-electron chi connectivity index (χ0n) is 15.0. The summed E-state index contributed by atoms with van der Waals surface area (Å²) in [4.78, 5) is 17.3. The van der Waals surface area contributed by atoms with E-state index in [1.807, 2.05) is 31.2 Å². The third-order valence-electron chi connectivity index (χ3n) is 3.80. The van der Waals surface area contributed by atoms with E-state index in [2.05, 4.69) is 4.99 Å². The van der Waals surface area contributed by atoms with E-state index in [1.54, 1.807) is 37.3 Å². The Morgan fingerprint density at radius 3 is 2.59 bits per heavy atom. The fourth-order valence-electron chi connectivity index (χ4n) is 2.49. The molecule has 1 aliphatic heterocycles. The summed E-state index contributed by atoms with van der Waals surface area (Å²) in [6.45, 7) is 3.88. The van der Waals surface area contributed by atoms with Crippen molar-refractivity contribution in [3.63, 3.8) is 0 Å². The van der Waals surface area contributed by atoms with Crippen molar-refractivity contribution in [2.24, 2.45) is 4.99 Å². The highest BCUT2D eigenvalue weighted by molar-refractivity contribution is 8.18. The molecule has 6 heteroatoms. The van der Waals surface area contributed by atoms with Gasteiger partial charge in [-0.3, -0.25) is 0 Å². The fraction of sp³-hybridized carbons (Fsp3) is 0.143. The molecule has 0 fully saturated rings. The van der Waals surface area contributed by atoms with Gasteiger partial charge in [-0.15, -0.1) is 0 Å². The molecule has 0 spiro atoms. The van der Waals surface area contributed by atoms with Crippen molar-refractivity contribution in [3.05, 3.63) is 75.9 Å². The summed E-state index contributed by atoms with van der Waals surface area (Å²) < 4.78 is 5.08. The molecule has 0 aliphatic carbocycles. The maximum atomic E-state index is 12.4. The summed E-state index contributed by atoms with van der Waals surface area (Å²) in [5, 5.41) is 20.6. The molecular weight excluding hydrogens is 362 g/mol. The molecule has 0 atom stereocenters. The molecule has 0 amide bonds. The summed E-state index contributed by atoms with van der Waals surface area (Å²) in [5.41, 5.74) is 2.53. The van der Waals surface area contributed by atoms with E-state index in [0.29, 0.717) is 21.2 Å². The Bertz CT molecular complexity index is 958. The van der Waals surface area contributed by atoms with Crippen molar-refractivity contribution >= 4 is 34.5 Å².